The van der Waals surface area contributed by atoms with E-state index in [1.165, 1.54) is 0 Å². The molecular formula is C22H27N5O2. The Kier molecular flexibility index (Phi) is 5.22. The first-order chi connectivity index (χ1) is 13.9. The zero-order valence-electron chi connectivity index (χ0n) is 17.2. The zero-order valence-corrected chi connectivity index (χ0v) is 17.2. The molecule has 0 spiro atoms. The van der Waals surface area contributed by atoms with Gasteiger partial charge in [-0.1, -0.05) is 13.0 Å². The smallest absolute Gasteiger partial charge is 0.255 e. The average Bonchev–Trinajstić information content (AvgIpc) is 3.06. The molecule has 0 aromatic carbocycles. The van der Waals surface area contributed by atoms with Crippen LogP contribution in [-0.4, -0.2) is 59.4 Å². The minimum absolute atomic E-state index is 0.0128. The summed E-state index contributed by atoms with van der Waals surface area (Å²) < 4.78 is 0. The third-order valence-corrected chi connectivity index (χ3v) is 5.86. The lowest BCUT2D eigenvalue weighted by molar-refractivity contribution is -0.120. The van der Waals surface area contributed by atoms with Crippen LogP contribution in [0.2, 0.25) is 0 Å². The predicted molar refractivity (Wildman–Crippen MR) is 111 cm³/mol. The van der Waals surface area contributed by atoms with Crippen LogP contribution in [0.4, 0.5) is 5.82 Å². The summed E-state index contributed by atoms with van der Waals surface area (Å²) in [6, 6.07) is 5.74. The van der Waals surface area contributed by atoms with E-state index in [1.807, 2.05) is 31.0 Å². The van der Waals surface area contributed by atoms with Crippen LogP contribution in [0.25, 0.3) is 0 Å². The number of aryl methyl sites for hydroxylation is 2. The second-order valence-corrected chi connectivity index (χ2v) is 8.10. The molecule has 2 atom stereocenters. The zero-order chi connectivity index (χ0) is 20.5. The molecule has 29 heavy (non-hydrogen) atoms. The Hall–Kier alpha value is -2.96. The second kappa shape index (κ2) is 7.81. The third-order valence-electron chi connectivity index (χ3n) is 5.86. The van der Waals surface area contributed by atoms with Crippen molar-refractivity contribution < 1.29 is 9.59 Å². The van der Waals surface area contributed by atoms with E-state index in [9.17, 15) is 9.59 Å². The maximum atomic E-state index is 12.9. The monoisotopic (exact) mass is 393 g/mol. The number of aromatic nitrogens is 2. The van der Waals surface area contributed by atoms with Gasteiger partial charge in [-0.3, -0.25) is 14.6 Å². The molecule has 2 aromatic heterocycles. The van der Waals surface area contributed by atoms with Crippen LogP contribution in [0, 0.1) is 19.8 Å². The molecule has 1 N–H and O–H groups in total. The molecule has 4 rings (SSSR count). The standard InChI is InChI=1S/C22H27N5O2/c1-14-10-15(2)20(24-11-14)26-6-8-27(9-7-26)22(29)17-4-5-18(23-13-17)19-16(3)12-25-21(19)28/h4-5,10-11,13,16,19H,6-9,12H2,1-3H3,(H,25,28). The summed E-state index contributed by atoms with van der Waals surface area (Å²) in [5.41, 5.74) is 3.61. The summed E-state index contributed by atoms with van der Waals surface area (Å²) in [7, 11) is 0. The van der Waals surface area contributed by atoms with Crippen molar-refractivity contribution in [2.45, 2.75) is 26.7 Å². The van der Waals surface area contributed by atoms with Crippen molar-refractivity contribution >= 4 is 17.6 Å². The van der Waals surface area contributed by atoms with Crippen LogP contribution in [0.1, 0.15) is 40.0 Å². The summed E-state index contributed by atoms with van der Waals surface area (Å²) in [5, 5.41) is 2.87. The Morgan fingerprint density at radius 3 is 2.45 bits per heavy atom. The number of hydrogen-bond donors (Lipinski definition) is 1. The number of nitrogens with one attached hydrogen (secondary N) is 1. The minimum atomic E-state index is -0.229. The van der Waals surface area contributed by atoms with E-state index < -0.39 is 0 Å². The van der Waals surface area contributed by atoms with E-state index in [0.29, 0.717) is 25.2 Å². The average molecular weight is 393 g/mol. The van der Waals surface area contributed by atoms with Crippen molar-refractivity contribution in [3.63, 3.8) is 0 Å². The van der Waals surface area contributed by atoms with Crippen LogP contribution >= 0.6 is 0 Å². The molecule has 2 fully saturated rings. The summed E-state index contributed by atoms with van der Waals surface area (Å²) in [4.78, 5) is 38.0. The molecule has 0 bridgehead atoms. The van der Waals surface area contributed by atoms with E-state index in [0.717, 1.165) is 35.7 Å². The van der Waals surface area contributed by atoms with Crippen LogP contribution in [-0.2, 0) is 4.79 Å². The quantitative estimate of drug-likeness (QED) is 0.862. The number of anilines is 1. The highest BCUT2D eigenvalue weighted by molar-refractivity contribution is 5.94. The molecule has 152 valence electrons. The molecule has 2 amide bonds. The fourth-order valence-electron chi connectivity index (χ4n) is 4.23. The van der Waals surface area contributed by atoms with Gasteiger partial charge in [0, 0.05) is 45.1 Å². The van der Waals surface area contributed by atoms with Gasteiger partial charge < -0.3 is 15.1 Å². The van der Waals surface area contributed by atoms with E-state index in [1.54, 1.807) is 12.3 Å². The first-order valence-electron chi connectivity index (χ1n) is 10.1. The Morgan fingerprint density at radius 1 is 1.10 bits per heavy atom. The first kappa shape index (κ1) is 19.4. The molecule has 2 aromatic rings. The summed E-state index contributed by atoms with van der Waals surface area (Å²) in [6.45, 7) is 9.64. The summed E-state index contributed by atoms with van der Waals surface area (Å²) >= 11 is 0. The minimum Gasteiger partial charge on any atom is -0.355 e. The number of piperazine rings is 1. The van der Waals surface area contributed by atoms with Crippen molar-refractivity contribution in [1.29, 1.82) is 0 Å². The lowest BCUT2D eigenvalue weighted by atomic mass is 9.93. The van der Waals surface area contributed by atoms with Gasteiger partial charge in [-0.15, -0.1) is 0 Å². The van der Waals surface area contributed by atoms with Gasteiger partial charge in [0.05, 0.1) is 17.2 Å². The molecule has 2 aliphatic rings. The normalized spacial score (nSPS) is 22.0. The van der Waals surface area contributed by atoms with Crippen LogP contribution in [0.15, 0.2) is 30.6 Å². The molecule has 0 aliphatic carbocycles. The number of carbonyl (C=O) groups is 2. The van der Waals surface area contributed by atoms with Crippen LogP contribution in [0.3, 0.4) is 0 Å². The largest absolute Gasteiger partial charge is 0.355 e. The van der Waals surface area contributed by atoms with Gasteiger partial charge in [-0.25, -0.2) is 4.98 Å². The highest BCUT2D eigenvalue weighted by atomic mass is 16.2. The van der Waals surface area contributed by atoms with Gasteiger partial charge in [0.25, 0.3) is 5.91 Å². The molecule has 7 nitrogen and oxygen atoms in total. The SMILES string of the molecule is Cc1cnc(N2CCN(C(=O)c3ccc(C4C(=O)NCC4C)nc3)CC2)c(C)c1. The molecule has 0 saturated carbocycles. The van der Waals surface area contributed by atoms with Crippen LogP contribution in [0.5, 0.6) is 0 Å². The number of pyridine rings is 2. The van der Waals surface area contributed by atoms with Gasteiger partial charge >= 0.3 is 0 Å². The fourth-order valence-corrected chi connectivity index (χ4v) is 4.23. The number of amides is 2. The predicted octanol–water partition coefficient (Wildman–Crippen LogP) is 1.91. The van der Waals surface area contributed by atoms with Gasteiger partial charge in [0.1, 0.15) is 5.82 Å². The van der Waals surface area contributed by atoms with Gasteiger partial charge in [0.2, 0.25) is 5.91 Å². The molecule has 0 radical (unpaired) electrons. The van der Waals surface area contributed by atoms with Crippen molar-refractivity contribution in [2.24, 2.45) is 5.92 Å². The number of nitrogens with zero attached hydrogens (tertiary/aromatic N) is 4. The summed E-state index contributed by atoms with van der Waals surface area (Å²) in [5.74, 6) is 0.982. The van der Waals surface area contributed by atoms with Crippen molar-refractivity contribution in [1.82, 2.24) is 20.2 Å². The Balaban J connectivity index is 1.40. The Bertz CT molecular complexity index is 919. The topological polar surface area (TPSA) is 78.4 Å². The van der Waals surface area contributed by atoms with Gasteiger partial charge in [0.15, 0.2) is 0 Å². The lowest BCUT2D eigenvalue weighted by Gasteiger charge is -2.36. The molecule has 2 aliphatic heterocycles. The van der Waals surface area contributed by atoms with Crippen molar-refractivity contribution in [3.05, 3.63) is 53.0 Å². The van der Waals surface area contributed by atoms with Crippen molar-refractivity contribution in [2.75, 3.05) is 37.6 Å². The highest BCUT2D eigenvalue weighted by Crippen LogP contribution is 2.27. The maximum Gasteiger partial charge on any atom is 0.255 e. The number of rotatable bonds is 3. The Morgan fingerprint density at radius 2 is 1.86 bits per heavy atom. The second-order valence-electron chi connectivity index (χ2n) is 8.10. The molecule has 2 unspecified atom stereocenters. The van der Waals surface area contributed by atoms with E-state index in [2.05, 4.69) is 33.2 Å². The lowest BCUT2D eigenvalue weighted by Crippen LogP contribution is -2.49. The molecular weight excluding hydrogens is 366 g/mol. The first-order valence-corrected chi connectivity index (χ1v) is 10.1. The molecule has 2 saturated heterocycles. The van der Waals surface area contributed by atoms with Gasteiger partial charge in [-0.05, 0) is 43.0 Å². The molecule has 7 heteroatoms. The Labute approximate surface area is 171 Å². The van der Waals surface area contributed by atoms with Gasteiger partial charge in [-0.2, -0.15) is 0 Å². The van der Waals surface area contributed by atoms with E-state index >= 15 is 0 Å². The maximum absolute atomic E-state index is 12.9. The number of hydrogen-bond acceptors (Lipinski definition) is 5. The number of carbonyl (C=O) groups excluding carboxylic acids is 2. The van der Waals surface area contributed by atoms with Crippen molar-refractivity contribution in [3.8, 4) is 0 Å². The van der Waals surface area contributed by atoms with E-state index in [4.69, 9.17) is 0 Å². The molecule has 4 heterocycles. The fraction of sp³-hybridized carbons (Fsp3) is 0.455. The highest BCUT2D eigenvalue weighted by Gasteiger charge is 2.34. The van der Waals surface area contributed by atoms with E-state index in [-0.39, 0.29) is 23.7 Å². The third kappa shape index (κ3) is 3.81. The van der Waals surface area contributed by atoms with Crippen LogP contribution < -0.4 is 10.2 Å². The summed E-state index contributed by atoms with van der Waals surface area (Å²) in [6.07, 6.45) is 3.49.